The third-order valence-corrected chi connectivity index (χ3v) is 3.35. The molecule has 0 radical (unpaired) electrons. The van der Waals surface area contributed by atoms with Crippen LogP contribution in [0.1, 0.15) is 13.8 Å². The van der Waals surface area contributed by atoms with Gasteiger partial charge in [0.15, 0.2) is 0 Å². The van der Waals surface area contributed by atoms with Crippen LogP contribution in [0.2, 0.25) is 0 Å². The Morgan fingerprint density at radius 2 is 2.06 bits per heavy atom. The summed E-state index contributed by atoms with van der Waals surface area (Å²) in [5.74, 6) is 1.76. The summed E-state index contributed by atoms with van der Waals surface area (Å²) in [5.41, 5.74) is 5.59. The quantitative estimate of drug-likeness (QED) is 0.589. The average molecular weight is 256 g/mol. The summed E-state index contributed by atoms with van der Waals surface area (Å²) < 4.78 is 5.05. The number of hydrogen-bond acceptors (Lipinski definition) is 6. The minimum atomic E-state index is 0.259. The van der Waals surface area contributed by atoms with Crippen molar-refractivity contribution in [2.24, 2.45) is 0 Å². The standard InChI is InChI=1S/C11H20N4OS/c1-4-15(5-2)6-7-17-10-8-9(16-3)13-11(12)14-10/h8H,4-7H2,1-3H3,(H2,12,13,14). The molecular weight excluding hydrogens is 236 g/mol. The second-order valence-corrected chi connectivity index (χ2v) is 4.60. The SMILES string of the molecule is CCN(CC)CCSc1cc(OC)nc(N)n1. The van der Waals surface area contributed by atoms with E-state index in [2.05, 4.69) is 28.7 Å². The van der Waals surface area contributed by atoms with Crippen molar-refractivity contribution in [2.75, 3.05) is 38.2 Å². The zero-order valence-electron chi connectivity index (χ0n) is 10.6. The zero-order valence-corrected chi connectivity index (χ0v) is 11.5. The fourth-order valence-electron chi connectivity index (χ4n) is 1.42. The molecule has 1 aromatic heterocycles. The van der Waals surface area contributed by atoms with Gasteiger partial charge >= 0.3 is 0 Å². The van der Waals surface area contributed by atoms with Crippen LogP contribution in [0.5, 0.6) is 5.88 Å². The van der Waals surface area contributed by atoms with E-state index in [1.54, 1.807) is 18.9 Å². The molecule has 0 saturated heterocycles. The van der Waals surface area contributed by atoms with E-state index in [4.69, 9.17) is 10.5 Å². The van der Waals surface area contributed by atoms with Crippen molar-refractivity contribution in [1.82, 2.24) is 14.9 Å². The van der Waals surface area contributed by atoms with Crippen LogP contribution >= 0.6 is 11.8 Å². The highest BCUT2D eigenvalue weighted by Crippen LogP contribution is 2.20. The lowest BCUT2D eigenvalue weighted by Crippen LogP contribution is -2.25. The Kier molecular flexibility index (Phi) is 6.07. The summed E-state index contributed by atoms with van der Waals surface area (Å²) in [7, 11) is 1.58. The first-order valence-corrected chi connectivity index (χ1v) is 6.71. The maximum Gasteiger partial charge on any atom is 0.224 e. The molecule has 0 aliphatic carbocycles. The molecule has 0 aliphatic rings. The van der Waals surface area contributed by atoms with Gasteiger partial charge in [-0.15, -0.1) is 11.8 Å². The Bertz CT molecular complexity index is 344. The molecule has 1 aromatic rings. The van der Waals surface area contributed by atoms with Crippen molar-refractivity contribution >= 4 is 17.7 Å². The number of methoxy groups -OCH3 is 1. The Morgan fingerprint density at radius 1 is 1.35 bits per heavy atom. The van der Waals surface area contributed by atoms with Gasteiger partial charge in [-0.25, -0.2) is 4.98 Å². The van der Waals surface area contributed by atoms with Gasteiger partial charge < -0.3 is 15.4 Å². The Balaban J connectivity index is 2.48. The highest BCUT2D eigenvalue weighted by molar-refractivity contribution is 7.99. The molecule has 0 atom stereocenters. The molecule has 96 valence electrons. The molecular formula is C11H20N4OS. The van der Waals surface area contributed by atoms with Crippen molar-refractivity contribution in [3.05, 3.63) is 6.07 Å². The summed E-state index contributed by atoms with van der Waals surface area (Å²) in [5, 5.41) is 0.863. The molecule has 0 fully saturated rings. The molecule has 6 heteroatoms. The van der Waals surface area contributed by atoms with Gasteiger partial charge in [0.1, 0.15) is 5.03 Å². The highest BCUT2D eigenvalue weighted by Gasteiger charge is 2.04. The second-order valence-electron chi connectivity index (χ2n) is 3.48. The second kappa shape index (κ2) is 7.34. The zero-order chi connectivity index (χ0) is 12.7. The van der Waals surface area contributed by atoms with Crippen molar-refractivity contribution in [3.63, 3.8) is 0 Å². The number of nitrogen functional groups attached to an aromatic ring is 1. The number of aromatic nitrogens is 2. The summed E-state index contributed by atoms with van der Waals surface area (Å²) in [4.78, 5) is 10.5. The number of anilines is 1. The lowest BCUT2D eigenvalue weighted by Gasteiger charge is -2.17. The molecule has 0 aliphatic heterocycles. The Morgan fingerprint density at radius 3 is 2.65 bits per heavy atom. The number of nitrogens with two attached hydrogens (primary N) is 1. The fraction of sp³-hybridized carbons (Fsp3) is 0.636. The van der Waals surface area contributed by atoms with Gasteiger partial charge in [0, 0.05) is 18.4 Å². The Hall–Kier alpha value is -1.01. The first-order valence-electron chi connectivity index (χ1n) is 5.73. The summed E-state index contributed by atoms with van der Waals surface area (Å²) >= 11 is 1.67. The van der Waals surface area contributed by atoms with Crippen molar-refractivity contribution in [3.8, 4) is 5.88 Å². The van der Waals surface area contributed by atoms with Gasteiger partial charge in [-0.3, -0.25) is 0 Å². The van der Waals surface area contributed by atoms with E-state index in [0.717, 1.165) is 30.4 Å². The van der Waals surface area contributed by atoms with Crippen molar-refractivity contribution < 1.29 is 4.74 Å². The van der Waals surface area contributed by atoms with Gasteiger partial charge in [0.2, 0.25) is 11.8 Å². The number of thioether (sulfide) groups is 1. The third-order valence-electron chi connectivity index (χ3n) is 2.46. The van der Waals surface area contributed by atoms with Crippen LogP contribution < -0.4 is 10.5 Å². The first-order chi connectivity index (χ1) is 8.19. The summed E-state index contributed by atoms with van der Waals surface area (Å²) in [6.45, 7) is 7.53. The molecule has 1 rings (SSSR count). The molecule has 5 nitrogen and oxygen atoms in total. The van der Waals surface area contributed by atoms with E-state index in [0.29, 0.717) is 5.88 Å². The third kappa shape index (κ3) is 4.79. The minimum Gasteiger partial charge on any atom is -0.481 e. The van der Waals surface area contributed by atoms with Crippen molar-refractivity contribution in [1.29, 1.82) is 0 Å². The maximum absolute atomic E-state index is 5.59. The predicted molar refractivity (Wildman–Crippen MR) is 71.5 cm³/mol. The summed E-state index contributed by atoms with van der Waals surface area (Å²) in [6, 6.07) is 1.81. The van der Waals surface area contributed by atoms with E-state index in [-0.39, 0.29) is 5.95 Å². The Labute approximate surface area is 107 Å². The van der Waals surface area contributed by atoms with E-state index in [1.165, 1.54) is 0 Å². The van der Waals surface area contributed by atoms with Crippen LogP contribution in [0.4, 0.5) is 5.95 Å². The monoisotopic (exact) mass is 256 g/mol. The fourth-order valence-corrected chi connectivity index (χ4v) is 2.32. The molecule has 0 saturated carbocycles. The predicted octanol–water partition coefficient (Wildman–Crippen LogP) is 1.50. The van der Waals surface area contributed by atoms with Gasteiger partial charge in [0.25, 0.3) is 0 Å². The lowest BCUT2D eigenvalue weighted by atomic mass is 10.5. The number of hydrogen-bond donors (Lipinski definition) is 1. The molecule has 2 N–H and O–H groups in total. The number of ether oxygens (including phenoxy) is 1. The average Bonchev–Trinajstić information content (AvgIpc) is 2.34. The summed E-state index contributed by atoms with van der Waals surface area (Å²) in [6.07, 6.45) is 0. The number of rotatable bonds is 7. The molecule has 0 amide bonds. The normalized spacial score (nSPS) is 10.8. The maximum atomic E-state index is 5.59. The van der Waals surface area contributed by atoms with Gasteiger partial charge in [-0.1, -0.05) is 13.8 Å². The topological polar surface area (TPSA) is 64.3 Å². The molecule has 0 aromatic carbocycles. The van der Waals surface area contributed by atoms with E-state index >= 15 is 0 Å². The molecule has 0 spiro atoms. The lowest BCUT2D eigenvalue weighted by molar-refractivity contribution is 0.324. The van der Waals surface area contributed by atoms with Gasteiger partial charge in [-0.2, -0.15) is 4.98 Å². The first kappa shape index (κ1) is 14.1. The van der Waals surface area contributed by atoms with E-state index < -0.39 is 0 Å². The number of nitrogens with zero attached hydrogens (tertiary/aromatic N) is 3. The molecule has 0 bridgehead atoms. The van der Waals surface area contributed by atoms with Crippen LogP contribution in [0.3, 0.4) is 0 Å². The smallest absolute Gasteiger partial charge is 0.224 e. The van der Waals surface area contributed by atoms with Crippen LogP contribution in [0, 0.1) is 0 Å². The molecule has 17 heavy (non-hydrogen) atoms. The van der Waals surface area contributed by atoms with E-state index in [9.17, 15) is 0 Å². The van der Waals surface area contributed by atoms with Crippen LogP contribution in [0.15, 0.2) is 11.1 Å². The van der Waals surface area contributed by atoms with Crippen LogP contribution in [-0.4, -0.2) is 47.4 Å². The van der Waals surface area contributed by atoms with Crippen LogP contribution in [-0.2, 0) is 0 Å². The van der Waals surface area contributed by atoms with Crippen LogP contribution in [0.25, 0.3) is 0 Å². The highest BCUT2D eigenvalue weighted by atomic mass is 32.2. The van der Waals surface area contributed by atoms with Gasteiger partial charge in [0.05, 0.1) is 7.11 Å². The van der Waals surface area contributed by atoms with Crippen molar-refractivity contribution in [2.45, 2.75) is 18.9 Å². The molecule has 0 unspecified atom stereocenters. The van der Waals surface area contributed by atoms with E-state index in [1.807, 2.05) is 6.07 Å². The molecule has 1 heterocycles. The largest absolute Gasteiger partial charge is 0.481 e. The van der Waals surface area contributed by atoms with Gasteiger partial charge in [-0.05, 0) is 13.1 Å². The minimum absolute atomic E-state index is 0.259.